The molecule has 3 rings (SSSR count). The van der Waals surface area contributed by atoms with E-state index in [1.807, 2.05) is 29.2 Å². The molecule has 0 aliphatic heterocycles. The van der Waals surface area contributed by atoms with Crippen LogP contribution in [0.1, 0.15) is 30.5 Å². The quantitative estimate of drug-likeness (QED) is 0.929. The van der Waals surface area contributed by atoms with E-state index in [4.69, 9.17) is 11.6 Å². The van der Waals surface area contributed by atoms with Crippen LogP contribution in [-0.2, 0) is 13.0 Å². The van der Waals surface area contributed by atoms with Gasteiger partial charge in [0.1, 0.15) is 0 Å². The van der Waals surface area contributed by atoms with E-state index in [-0.39, 0.29) is 0 Å². The lowest BCUT2D eigenvalue weighted by molar-refractivity contribution is 0.398. The average molecular weight is 276 g/mol. The van der Waals surface area contributed by atoms with E-state index in [1.54, 1.807) is 0 Å². The molecule has 0 radical (unpaired) electrons. The standard InChI is InChI=1S/C15H18ClN3/c1-11(10-19-8-2-7-17-19)18-15-6-3-12-9-13(16)4-5-14(12)15/h2,4-5,7-9,11,15,18H,3,6,10H2,1H3. The lowest BCUT2D eigenvalue weighted by Crippen LogP contribution is -2.33. The number of hydrogen-bond acceptors (Lipinski definition) is 2. The molecule has 100 valence electrons. The first kappa shape index (κ1) is 12.7. The van der Waals surface area contributed by atoms with E-state index in [1.165, 1.54) is 11.1 Å². The Labute approximate surface area is 118 Å². The second-order valence-corrected chi connectivity index (χ2v) is 5.67. The Morgan fingerprint density at radius 3 is 3.21 bits per heavy atom. The third kappa shape index (κ3) is 2.82. The summed E-state index contributed by atoms with van der Waals surface area (Å²) in [5.41, 5.74) is 2.79. The summed E-state index contributed by atoms with van der Waals surface area (Å²) in [6.45, 7) is 3.10. The van der Waals surface area contributed by atoms with Gasteiger partial charge in [0.2, 0.25) is 0 Å². The molecule has 19 heavy (non-hydrogen) atoms. The van der Waals surface area contributed by atoms with Crippen LogP contribution in [0, 0.1) is 0 Å². The summed E-state index contributed by atoms with van der Waals surface area (Å²) in [6, 6.07) is 9.03. The van der Waals surface area contributed by atoms with Gasteiger partial charge < -0.3 is 5.32 Å². The summed E-state index contributed by atoms with van der Waals surface area (Å²) in [6.07, 6.45) is 6.08. The molecular formula is C15H18ClN3. The third-order valence-corrected chi connectivity index (χ3v) is 3.92. The maximum absolute atomic E-state index is 6.04. The number of rotatable bonds is 4. The number of fused-ring (bicyclic) bond motifs is 1. The third-order valence-electron chi connectivity index (χ3n) is 3.69. The summed E-state index contributed by atoms with van der Waals surface area (Å²) < 4.78 is 1.97. The van der Waals surface area contributed by atoms with Crippen molar-refractivity contribution < 1.29 is 0 Å². The van der Waals surface area contributed by atoms with Crippen molar-refractivity contribution in [1.29, 1.82) is 0 Å². The van der Waals surface area contributed by atoms with Gasteiger partial charge in [0.05, 0.1) is 6.54 Å². The van der Waals surface area contributed by atoms with Crippen molar-refractivity contribution in [2.75, 3.05) is 0 Å². The fourth-order valence-electron chi connectivity index (χ4n) is 2.84. The molecule has 1 aliphatic carbocycles. The molecule has 1 aromatic heterocycles. The lowest BCUT2D eigenvalue weighted by Gasteiger charge is -2.20. The van der Waals surface area contributed by atoms with Crippen molar-refractivity contribution in [1.82, 2.24) is 15.1 Å². The Kier molecular flexibility index (Phi) is 3.58. The number of hydrogen-bond donors (Lipinski definition) is 1. The van der Waals surface area contributed by atoms with E-state index in [0.717, 1.165) is 24.4 Å². The zero-order valence-electron chi connectivity index (χ0n) is 11.0. The van der Waals surface area contributed by atoms with Crippen LogP contribution < -0.4 is 5.32 Å². The van der Waals surface area contributed by atoms with E-state index in [0.29, 0.717) is 12.1 Å². The Bertz CT molecular complexity index is 551. The molecular weight excluding hydrogens is 258 g/mol. The van der Waals surface area contributed by atoms with Gasteiger partial charge in [-0.25, -0.2) is 0 Å². The smallest absolute Gasteiger partial charge is 0.0560 e. The highest BCUT2D eigenvalue weighted by atomic mass is 35.5. The Hall–Kier alpha value is -1.32. The SMILES string of the molecule is CC(Cn1cccn1)NC1CCc2cc(Cl)ccc21. The first-order valence-corrected chi connectivity index (χ1v) is 7.12. The first-order valence-electron chi connectivity index (χ1n) is 6.74. The topological polar surface area (TPSA) is 29.9 Å². The molecule has 0 saturated carbocycles. The fourth-order valence-corrected chi connectivity index (χ4v) is 3.04. The molecule has 2 unspecified atom stereocenters. The van der Waals surface area contributed by atoms with E-state index in [2.05, 4.69) is 29.5 Å². The molecule has 1 aromatic carbocycles. The Balaban J connectivity index is 1.66. The van der Waals surface area contributed by atoms with Crippen molar-refractivity contribution in [3.63, 3.8) is 0 Å². The van der Waals surface area contributed by atoms with Gasteiger partial charge in [0.15, 0.2) is 0 Å². The first-order chi connectivity index (χ1) is 9.22. The maximum Gasteiger partial charge on any atom is 0.0560 e. The van der Waals surface area contributed by atoms with Crippen LogP contribution in [0.3, 0.4) is 0 Å². The molecule has 2 atom stereocenters. The van der Waals surface area contributed by atoms with Gasteiger partial charge in [-0.2, -0.15) is 5.10 Å². The highest BCUT2D eigenvalue weighted by Gasteiger charge is 2.23. The van der Waals surface area contributed by atoms with Crippen LogP contribution in [0.2, 0.25) is 5.02 Å². The monoisotopic (exact) mass is 275 g/mol. The summed E-state index contributed by atoms with van der Waals surface area (Å²) in [7, 11) is 0. The zero-order valence-corrected chi connectivity index (χ0v) is 11.8. The summed E-state index contributed by atoms with van der Waals surface area (Å²) in [5.74, 6) is 0. The zero-order chi connectivity index (χ0) is 13.2. The Morgan fingerprint density at radius 1 is 1.53 bits per heavy atom. The van der Waals surface area contributed by atoms with Gasteiger partial charge >= 0.3 is 0 Å². The minimum Gasteiger partial charge on any atom is -0.306 e. The van der Waals surface area contributed by atoms with Gasteiger partial charge in [-0.15, -0.1) is 0 Å². The molecule has 2 aromatic rings. The predicted molar refractivity (Wildman–Crippen MR) is 77.3 cm³/mol. The van der Waals surface area contributed by atoms with Gasteiger partial charge in [-0.3, -0.25) is 4.68 Å². The van der Waals surface area contributed by atoms with E-state index >= 15 is 0 Å². The molecule has 0 spiro atoms. The highest BCUT2D eigenvalue weighted by Crippen LogP contribution is 2.33. The number of nitrogens with zero attached hydrogens (tertiary/aromatic N) is 2. The molecule has 0 amide bonds. The minimum atomic E-state index is 0.395. The average Bonchev–Trinajstić information content (AvgIpc) is 2.99. The van der Waals surface area contributed by atoms with Crippen LogP contribution in [0.5, 0.6) is 0 Å². The summed E-state index contributed by atoms with van der Waals surface area (Å²) in [5, 5.41) is 8.77. The molecule has 3 nitrogen and oxygen atoms in total. The molecule has 0 bridgehead atoms. The second-order valence-electron chi connectivity index (χ2n) is 5.23. The van der Waals surface area contributed by atoms with Crippen LogP contribution in [0.15, 0.2) is 36.7 Å². The van der Waals surface area contributed by atoms with Gasteiger partial charge in [0.25, 0.3) is 0 Å². The normalized spacial score (nSPS) is 19.4. The van der Waals surface area contributed by atoms with Gasteiger partial charge in [-0.05, 0) is 49.1 Å². The number of nitrogens with one attached hydrogen (secondary N) is 1. The summed E-state index contributed by atoms with van der Waals surface area (Å²) in [4.78, 5) is 0. The number of halogens is 1. The molecule has 4 heteroatoms. The molecule has 0 saturated heterocycles. The van der Waals surface area contributed by atoms with Crippen molar-refractivity contribution in [3.8, 4) is 0 Å². The second kappa shape index (κ2) is 5.35. The number of aryl methyl sites for hydroxylation is 1. The van der Waals surface area contributed by atoms with Crippen molar-refractivity contribution in [2.24, 2.45) is 0 Å². The summed E-state index contributed by atoms with van der Waals surface area (Å²) >= 11 is 6.04. The van der Waals surface area contributed by atoms with E-state index in [9.17, 15) is 0 Å². The number of aromatic nitrogens is 2. The minimum absolute atomic E-state index is 0.395. The van der Waals surface area contributed by atoms with E-state index < -0.39 is 0 Å². The van der Waals surface area contributed by atoms with Crippen LogP contribution >= 0.6 is 11.6 Å². The van der Waals surface area contributed by atoms with Gasteiger partial charge in [-0.1, -0.05) is 17.7 Å². The fraction of sp³-hybridized carbons (Fsp3) is 0.400. The molecule has 1 N–H and O–H groups in total. The largest absolute Gasteiger partial charge is 0.306 e. The van der Waals surface area contributed by atoms with Crippen molar-refractivity contribution in [3.05, 3.63) is 52.8 Å². The number of benzene rings is 1. The maximum atomic E-state index is 6.04. The van der Waals surface area contributed by atoms with Crippen LogP contribution in [-0.4, -0.2) is 15.8 Å². The molecule has 0 fully saturated rings. The molecule has 1 aliphatic rings. The van der Waals surface area contributed by atoms with Crippen molar-refractivity contribution in [2.45, 2.75) is 38.4 Å². The lowest BCUT2D eigenvalue weighted by atomic mass is 10.1. The molecule has 1 heterocycles. The van der Waals surface area contributed by atoms with Crippen LogP contribution in [0.4, 0.5) is 0 Å². The highest BCUT2D eigenvalue weighted by molar-refractivity contribution is 6.30. The predicted octanol–water partition coefficient (Wildman–Crippen LogP) is 3.20. The van der Waals surface area contributed by atoms with Crippen LogP contribution in [0.25, 0.3) is 0 Å². The van der Waals surface area contributed by atoms with Crippen molar-refractivity contribution >= 4 is 11.6 Å². The Morgan fingerprint density at radius 2 is 2.42 bits per heavy atom. The van der Waals surface area contributed by atoms with Gasteiger partial charge in [0, 0.05) is 29.5 Å².